The Morgan fingerprint density at radius 2 is 2.12 bits per heavy atom. The molecule has 2 aromatic rings. The van der Waals surface area contributed by atoms with Crippen LogP contribution in [0.3, 0.4) is 0 Å². The van der Waals surface area contributed by atoms with Gasteiger partial charge in [0.2, 0.25) is 0 Å². The van der Waals surface area contributed by atoms with Crippen molar-refractivity contribution in [1.29, 1.82) is 0 Å². The molecule has 5 nitrogen and oxygen atoms in total. The zero-order valence-electron chi connectivity index (χ0n) is 9.73. The fourth-order valence-electron chi connectivity index (χ4n) is 1.51. The number of tetrazole rings is 1. The molecular weight excluding hydrogens is 202 g/mol. The van der Waals surface area contributed by atoms with Crippen molar-refractivity contribution in [1.82, 2.24) is 20.2 Å². The molecule has 1 aromatic heterocycles. The third-order valence-corrected chi connectivity index (χ3v) is 2.59. The van der Waals surface area contributed by atoms with Crippen molar-refractivity contribution in [2.24, 2.45) is 7.05 Å². The van der Waals surface area contributed by atoms with Gasteiger partial charge in [0.05, 0.1) is 13.6 Å². The third kappa shape index (κ3) is 2.18. The standard InChI is InChI=1S/C11H15N5/c1-8-5-4-6-10(9(8)2)12-7-11-13-15-16(3)14-11/h4-6,12H,7H2,1-3H3. The summed E-state index contributed by atoms with van der Waals surface area (Å²) in [6.45, 7) is 4.79. The molecule has 2 rings (SSSR count). The fourth-order valence-corrected chi connectivity index (χ4v) is 1.51. The van der Waals surface area contributed by atoms with Gasteiger partial charge in [-0.3, -0.25) is 0 Å². The third-order valence-electron chi connectivity index (χ3n) is 2.59. The second-order valence-electron chi connectivity index (χ2n) is 3.80. The number of hydrogen-bond donors (Lipinski definition) is 1. The first-order chi connectivity index (χ1) is 7.66. The molecule has 0 saturated heterocycles. The van der Waals surface area contributed by atoms with Crippen LogP contribution in [0.1, 0.15) is 17.0 Å². The summed E-state index contributed by atoms with van der Waals surface area (Å²) in [4.78, 5) is 1.46. The summed E-state index contributed by atoms with van der Waals surface area (Å²) in [7, 11) is 1.76. The molecule has 0 aliphatic heterocycles. The van der Waals surface area contributed by atoms with Crippen LogP contribution < -0.4 is 5.32 Å². The molecule has 1 N–H and O–H groups in total. The Labute approximate surface area is 94.5 Å². The van der Waals surface area contributed by atoms with E-state index in [0.717, 1.165) is 5.69 Å². The van der Waals surface area contributed by atoms with E-state index in [4.69, 9.17) is 0 Å². The lowest BCUT2D eigenvalue weighted by Gasteiger charge is -2.09. The Hall–Kier alpha value is -1.91. The van der Waals surface area contributed by atoms with Gasteiger partial charge in [0.1, 0.15) is 0 Å². The number of nitrogens with one attached hydrogen (secondary N) is 1. The number of aryl methyl sites for hydroxylation is 2. The van der Waals surface area contributed by atoms with Crippen molar-refractivity contribution in [2.75, 3.05) is 5.32 Å². The molecule has 0 unspecified atom stereocenters. The average Bonchev–Trinajstić information content (AvgIpc) is 2.67. The van der Waals surface area contributed by atoms with E-state index in [1.807, 2.05) is 6.07 Å². The largest absolute Gasteiger partial charge is 0.377 e. The van der Waals surface area contributed by atoms with Gasteiger partial charge in [-0.1, -0.05) is 12.1 Å². The van der Waals surface area contributed by atoms with Crippen LogP contribution in [0.4, 0.5) is 5.69 Å². The molecule has 0 spiro atoms. The second-order valence-corrected chi connectivity index (χ2v) is 3.80. The van der Waals surface area contributed by atoms with E-state index < -0.39 is 0 Å². The lowest BCUT2D eigenvalue weighted by molar-refractivity contribution is 0.628. The molecule has 5 heteroatoms. The molecule has 16 heavy (non-hydrogen) atoms. The molecule has 1 aromatic carbocycles. The first-order valence-corrected chi connectivity index (χ1v) is 5.20. The maximum absolute atomic E-state index is 4.11. The summed E-state index contributed by atoms with van der Waals surface area (Å²) in [5, 5.41) is 15.1. The number of benzene rings is 1. The minimum absolute atomic E-state index is 0.595. The Balaban J connectivity index is 2.07. The normalized spacial score (nSPS) is 10.4. The highest BCUT2D eigenvalue weighted by molar-refractivity contribution is 5.53. The number of nitrogens with zero attached hydrogens (tertiary/aromatic N) is 4. The lowest BCUT2D eigenvalue weighted by Crippen LogP contribution is -2.04. The minimum atomic E-state index is 0.595. The first kappa shape index (κ1) is 10.6. The lowest BCUT2D eigenvalue weighted by atomic mass is 10.1. The Morgan fingerprint density at radius 1 is 1.31 bits per heavy atom. The number of hydrogen-bond acceptors (Lipinski definition) is 4. The van der Waals surface area contributed by atoms with Crippen LogP contribution in [0.2, 0.25) is 0 Å². The van der Waals surface area contributed by atoms with Gasteiger partial charge in [-0.25, -0.2) is 0 Å². The van der Waals surface area contributed by atoms with Gasteiger partial charge in [-0.2, -0.15) is 4.80 Å². The van der Waals surface area contributed by atoms with Crippen LogP contribution in [0.15, 0.2) is 18.2 Å². The fraction of sp³-hybridized carbons (Fsp3) is 0.364. The van der Waals surface area contributed by atoms with E-state index in [0.29, 0.717) is 12.4 Å². The minimum Gasteiger partial charge on any atom is -0.377 e. The highest BCUT2D eigenvalue weighted by Gasteiger charge is 2.03. The highest BCUT2D eigenvalue weighted by Crippen LogP contribution is 2.18. The van der Waals surface area contributed by atoms with Gasteiger partial charge in [-0.05, 0) is 36.3 Å². The predicted molar refractivity (Wildman–Crippen MR) is 62.0 cm³/mol. The van der Waals surface area contributed by atoms with Crippen LogP contribution >= 0.6 is 0 Å². The van der Waals surface area contributed by atoms with Crippen molar-refractivity contribution >= 4 is 5.69 Å². The van der Waals surface area contributed by atoms with Crippen molar-refractivity contribution in [3.63, 3.8) is 0 Å². The second kappa shape index (κ2) is 4.30. The maximum Gasteiger partial charge on any atom is 0.193 e. The van der Waals surface area contributed by atoms with E-state index in [9.17, 15) is 0 Å². The predicted octanol–water partition coefficient (Wildman–Crippen LogP) is 1.44. The summed E-state index contributed by atoms with van der Waals surface area (Å²) in [5.74, 6) is 0.698. The summed E-state index contributed by atoms with van der Waals surface area (Å²) in [5.41, 5.74) is 3.65. The summed E-state index contributed by atoms with van der Waals surface area (Å²) in [6, 6.07) is 6.19. The van der Waals surface area contributed by atoms with Gasteiger partial charge in [0, 0.05) is 5.69 Å². The Morgan fingerprint density at radius 3 is 2.81 bits per heavy atom. The average molecular weight is 217 g/mol. The van der Waals surface area contributed by atoms with E-state index in [2.05, 4.69) is 46.7 Å². The molecule has 0 saturated carbocycles. The van der Waals surface area contributed by atoms with Crippen LogP contribution in [0, 0.1) is 13.8 Å². The molecule has 0 aliphatic carbocycles. The van der Waals surface area contributed by atoms with Crippen molar-refractivity contribution in [3.05, 3.63) is 35.2 Å². The SMILES string of the molecule is Cc1cccc(NCc2nnn(C)n2)c1C. The summed E-state index contributed by atoms with van der Waals surface area (Å²) in [6.07, 6.45) is 0. The van der Waals surface area contributed by atoms with Crippen LogP contribution in [-0.2, 0) is 13.6 Å². The number of aromatic nitrogens is 4. The van der Waals surface area contributed by atoms with Crippen molar-refractivity contribution in [3.8, 4) is 0 Å². The quantitative estimate of drug-likeness (QED) is 0.845. The summed E-state index contributed by atoms with van der Waals surface area (Å²) >= 11 is 0. The molecule has 0 bridgehead atoms. The summed E-state index contributed by atoms with van der Waals surface area (Å²) < 4.78 is 0. The molecule has 84 valence electrons. The van der Waals surface area contributed by atoms with E-state index in [1.54, 1.807) is 7.05 Å². The van der Waals surface area contributed by atoms with Gasteiger partial charge in [-0.15, -0.1) is 10.2 Å². The monoisotopic (exact) mass is 217 g/mol. The van der Waals surface area contributed by atoms with Crippen LogP contribution in [-0.4, -0.2) is 20.2 Å². The Bertz CT molecular complexity index is 489. The molecule has 0 radical (unpaired) electrons. The van der Waals surface area contributed by atoms with Crippen molar-refractivity contribution < 1.29 is 0 Å². The smallest absolute Gasteiger partial charge is 0.193 e. The van der Waals surface area contributed by atoms with Crippen LogP contribution in [0.25, 0.3) is 0 Å². The van der Waals surface area contributed by atoms with Gasteiger partial charge < -0.3 is 5.32 Å². The zero-order chi connectivity index (χ0) is 11.5. The molecule has 0 atom stereocenters. The molecule has 0 aliphatic rings. The van der Waals surface area contributed by atoms with E-state index >= 15 is 0 Å². The zero-order valence-corrected chi connectivity index (χ0v) is 9.73. The topological polar surface area (TPSA) is 55.6 Å². The highest BCUT2D eigenvalue weighted by atomic mass is 15.6. The van der Waals surface area contributed by atoms with E-state index in [1.165, 1.54) is 15.9 Å². The first-order valence-electron chi connectivity index (χ1n) is 5.20. The maximum atomic E-state index is 4.11. The van der Waals surface area contributed by atoms with E-state index in [-0.39, 0.29) is 0 Å². The van der Waals surface area contributed by atoms with Gasteiger partial charge in [0.15, 0.2) is 5.82 Å². The van der Waals surface area contributed by atoms with Gasteiger partial charge >= 0.3 is 0 Å². The van der Waals surface area contributed by atoms with Gasteiger partial charge in [0.25, 0.3) is 0 Å². The number of anilines is 1. The molecule has 0 amide bonds. The molecular formula is C11H15N5. The van der Waals surface area contributed by atoms with Crippen molar-refractivity contribution in [2.45, 2.75) is 20.4 Å². The number of rotatable bonds is 3. The molecule has 1 heterocycles. The Kier molecular flexibility index (Phi) is 2.85. The molecule has 0 fully saturated rings. The van der Waals surface area contributed by atoms with Crippen LogP contribution in [0.5, 0.6) is 0 Å².